The molecular weight excluding hydrogens is 294 g/mol. The molecule has 0 N–H and O–H groups in total. The number of nitrogens with zero attached hydrogens (tertiary/aromatic N) is 1. The maximum Gasteiger partial charge on any atom is 0.324 e. The lowest BCUT2D eigenvalue weighted by Gasteiger charge is -2.04. The molecule has 2 aromatic carbocycles. The van der Waals surface area contributed by atoms with E-state index < -0.39 is 27.4 Å². The zero-order valence-electron chi connectivity index (χ0n) is 10.8. The van der Waals surface area contributed by atoms with E-state index in [0.29, 0.717) is 5.75 Å². The van der Waals surface area contributed by atoms with E-state index in [9.17, 15) is 19.1 Å². The van der Waals surface area contributed by atoms with E-state index in [0.717, 1.165) is 0 Å². The average Bonchev–Trinajstić information content (AvgIpc) is 2.48. The monoisotopic (exact) mass is 305 g/mol. The second kappa shape index (κ2) is 6.76. The van der Waals surface area contributed by atoms with Gasteiger partial charge in [-0.25, -0.2) is 0 Å². The van der Waals surface area contributed by atoms with Gasteiger partial charge in [0, 0.05) is 6.07 Å². The molecule has 1 atom stereocenters. The molecule has 0 aliphatic carbocycles. The molecule has 0 radical (unpaired) electrons. The molecule has 21 heavy (non-hydrogen) atoms. The van der Waals surface area contributed by atoms with E-state index in [4.69, 9.17) is 4.74 Å². The van der Waals surface area contributed by atoms with Crippen LogP contribution in [-0.4, -0.2) is 20.9 Å². The Morgan fingerprint density at radius 1 is 1.10 bits per heavy atom. The van der Waals surface area contributed by atoms with Gasteiger partial charge in [-0.05, 0) is 18.2 Å². The molecular formula is C14H11NO5S. The van der Waals surface area contributed by atoms with Gasteiger partial charge in [-0.3, -0.25) is 19.1 Å². The van der Waals surface area contributed by atoms with Gasteiger partial charge in [0.05, 0.1) is 15.7 Å². The number of esters is 1. The van der Waals surface area contributed by atoms with E-state index in [1.54, 1.807) is 30.3 Å². The summed E-state index contributed by atoms with van der Waals surface area (Å²) in [6, 6.07) is 14.0. The first-order valence-corrected chi connectivity index (χ1v) is 7.27. The van der Waals surface area contributed by atoms with Crippen LogP contribution in [0.2, 0.25) is 0 Å². The van der Waals surface area contributed by atoms with Crippen LogP contribution >= 0.6 is 0 Å². The summed E-state index contributed by atoms with van der Waals surface area (Å²) < 4.78 is 17.1. The Hall–Kier alpha value is -2.54. The van der Waals surface area contributed by atoms with Gasteiger partial charge >= 0.3 is 5.97 Å². The summed E-state index contributed by atoms with van der Waals surface area (Å²) in [4.78, 5) is 21.9. The van der Waals surface area contributed by atoms with E-state index in [1.807, 2.05) is 0 Å². The highest BCUT2D eigenvalue weighted by molar-refractivity contribution is 7.85. The Balaban J connectivity index is 2.08. The van der Waals surface area contributed by atoms with E-state index in [-0.39, 0.29) is 10.6 Å². The fraction of sp³-hybridized carbons (Fsp3) is 0.0714. The number of rotatable bonds is 5. The molecule has 0 saturated heterocycles. The van der Waals surface area contributed by atoms with Crippen molar-refractivity contribution in [1.82, 2.24) is 0 Å². The first-order valence-electron chi connectivity index (χ1n) is 5.95. The van der Waals surface area contributed by atoms with Crippen LogP contribution < -0.4 is 4.74 Å². The summed E-state index contributed by atoms with van der Waals surface area (Å²) in [5.41, 5.74) is -0.275. The number of para-hydroxylation sites is 2. The fourth-order valence-corrected chi connectivity index (χ4v) is 2.67. The molecule has 6 nitrogen and oxygen atoms in total. The lowest BCUT2D eigenvalue weighted by molar-refractivity contribution is -0.387. The van der Waals surface area contributed by atoms with Crippen LogP contribution in [0, 0.1) is 10.1 Å². The van der Waals surface area contributed by atoms with Crippen molar-refractivity contribution in [2.45, 2.75) is 4.90 Å². The minimum Gasteiger partial charge on any atom is -0.426 e. The third-order valence-electron chi connectivity index (χ3n) is 2.53. The van der Waals surface area contributed by atoms with Crippen molar-refractivity contribution < 1.29 is 18.7 Å². The number of carbonyl (C=O) groups is 1. The summed E-state index contributed by atoms with van der Waals surface area (Å²) >= 11 is 0. The van der Waals surface area contributed by atoms with E-state index in [1.165, 1.54) is 24.3 Å². The van der Waals surface area contributed by atoms with Crippen molar-refractivity contribution in [2.24, 2.45) is 0 Å². The van der Waals surface area contributed by atoms with Gasteiger partial charge in [0.15, 0.2) is 0 Å². The number of hydrogen-bond donors (Lipinski definition) is 0. The fourth-order valence-electron chi connectivity index (χ4n) is 1.63. The molecule has 0 heterocycles. The van der Waals surface area contributed by atoms with Crippen molar-refractivity contribution in [3.8, 4) is 5.75 Å². The smallest absolute Gasteiger partial charge is 0.324 e. The van der Waals surface area contributed by atoms with Gasteiger partial charge in [0.25, 0.3) is 5.69 Å². The Morgan fingerprint density at radius 3 is 2.38 bits per heavy atom. The third-order valence-corrected chi connectivity index (χ3v) is 3.86. The second-order valence-corrected chi connectivity index (χ2v) is 5.42. The summed E-state index contributed by atoms with van der Waals surface area (Å²) in [6.45, 7) is 0. The molecule has 0 aromatic heterocycles. The van der Waals surface area contributed by atoms with Crippen LogP contribution in [0.4, 0.5) is 5.69 Å². The molecule has 2 rings (SSSR count). The lowest BCUT2D eigenvalue weighted by atomic mass is 10.3. The van der Waals surface area contributed by atoms with E-state index in [2.05, 4.69) is 0 Å². The lowest BCUT2D eigenvalue weighted by Crippen LogP contribution is -2.17. The molecule has 0 aliphatic rings. The molecule has 0 saturated carbocycles. The number of nitro benzene ring substituents is 1. The highest BCUT2D eigenvalue weighted by Crippen LogP contribution is 2.21. The van der Waals surface area contributed by atoms with Crippen molar-refractivity contribution in [3.63, 3.8) is 0 Å². The maximum atomic E-state index is 12.1. The summed E-state index contributed by atoms with van der Waals surface area (Å²) in [7, 11) is -1.84. The van der Waals surface area contributed by atoms with Crippen LogP contribution in [0.25, 0.3) is 0 Å². The largest absolute Gasteiger partial charge is 0.426 e. The number of benzene rings is 2. The normalized spacial score (nSPS) is 11.6. The highest BCUT2D eigenvalue weighted by atomic mass is 32.2. The minimum atomic E-state index is -1.84. The number of ether oxygens (including phenoxy) is 1. The first-order chi connectivity index (χ1) is 10.1. The van der Waals surface area contributed by atoms with Crippen molar-refractivity contribution in [3.05, 3.63) is 64.7 Å². The predicted molar refractivity (Wildman–Crippen MR) is 76.4 cm³/mol. The van der Waals surface area contributed by atoms with Gasteiger partial charge in [0.1, 0.15) is 16.4 Å². The maximum absolute atomic E-state index is 12.1. The second-order valence-electron chi connectivity index (χ2n) is 4.00. The van der Waals surface area contributed by atoms with Crippen molar-refractivity contribution >= 4 is 22.5 Å². The van der Waals surface area contributed by atoms with Gasteiger partial charge in [-0.2, -0.15) is 0 Å². The molecule has 0 amide bonds. The van der Waals surface area contributed by atoms with Crippen LogP contribution in [0.15, 0.2) is 59.5 Å². The molecule has 0 aliphatic heterocycles. The van der Waals surface area contributed by atoms with Crippen LogP contribution in [0.5, 0.6) is 5.75 Å². The predicted octanol–water partition coefficient (Wildman–Crippen LogP) is 2.31. The number of nitro groups is 1. The van der Waals surface area contributed by atoms with Crippen molar-refractivity contribution in [1.29, 1.82) is 0 Å². The molecule has 0 spiro atoms. The Kier molecular flexibility index (Phi) is 4.78. The Morgan fingerprint density at radius 2 is 1.71 bits per heavy atom. The SMILES string of the molecule is O=C(C[S@](=O)c1ccccc1[N+](=O)[O-])Oc1ccccc1. The molecule has 7 heteroatoms. The molecule has 0 fully saturated rings. The average molecular weight is 305 g/mol. The van der Waals surface area contributed by atoms with Crippen LogP contribution in [-0.2, 0) is 15.6 Å². The summed E-state index contributed by atoms with van der Waals surface area (Å²) in [5, 5.41) is 10.9. The van der Waals surface area contributed by atoms with E-state index >= 15 is 0 Å². The van der Waals surface area contributed by atoms with Gasteiger partial charge in [-0.15, -0.1) is 0 Å². The zero-order chi connectivity index (χ0) is 15.2. The highest BCUT2D eigenvalue weighted by Gasteiger charge is 2.21. The Bertz CT molecular complexity index is 687. The molecule has 0 bridgehead atoms. The summed E-state index contributed by atoms with van der Waals surface area (Å²) in [6.07, 6.45) is 0. The molecule has 2 aromatic rings. The van der Waals surface area contributed by atoms with Gasteiger partial charge in [0.2, 0.25) is 0 Å². The van der Waals surface area contributed by atoms with Gasteiger partial charge in [-0.1, -0.05) is 30.3 Å². The topological polar surface area (TPSA) is 86.5 Å². The van der Waals surface area contributed by atoms with Crippen LogP contribution in [0.3, 0.4) is 0 Å². The third kappa shape index (κ3) is 3.96. The first kappa shape index (κ1) is 14.9. The molecule has 108 valence electrons. The van der Waals surface area contributed by atoms with Gasteiger partial charge < -0.3 is 4.74 Å². The van der Waals surface area contributed by atoms with Crippen molar-refractivity contribution in [2.75, 3.05) is 5.75 Å². The minimum absolute atomic E-state index is 0.00696. The molecule has 0 unspecified atom stereocenters. The summed E-state index contributed by atoms with van der Waals surface area (Å²) in [5.74, 6) is -0.820. The Labute approximate surface area is 123 Å². The standard InChI is InChI=1S/C14H11NO5S/c16-14(20-11-6-2-1-3-7-11)10-21(19)13-9-5-4-8-12(13)15(17)18/h1-9H,10H2/t21-/m0/s1. The number of hydrogen-bond acceptors (Lipinski definition) is 5. The number of carbonyl (C=O) groups excluding carboxylic acids is 1. The van der Waals surface area contributed by atoms with Crippen LogP contribution in [0.1, 0.15) is 0 Å². The zero-order valence-corrected chi connectivity index (χ0v) is 11.6. The quantitative estimate of drug-likeness (QED) is 0.366.